The van der Waals surface area contributed by atoms with Gasteiger partial charge in [0.15, 0.2) is 5.13 Å². The summed E-state index contributed by atoms with van der Waals surface area (Å²) in [6.45, 7) is 8.19. The van der Waals surface area contributed by atoms with Gasteiger partial charge in [0, 0.05) is 46.3 Å². The lowest BCUT2D eigenvalue weighted by atomic mass is 10.1. The zero-order chi connectivity index (χ0) is 16.6. The summed E-state index contributed by atoms with van der Waals surface area (Å²) in [5, 5.41) is 3.93. The molecule has 8 heteroatoms. The third kappa shape index (κ3) is 3.05. The molecule has 23 heavy (non-hydrogen) atoms. The number of rotatable bonds is 3. The monoisotopic (exact) mass is 337 g/mol. The van der Waals surface area contributed by atoms with Crippen molar-refractivity contribution < 1.29 is 9.59 Å². The molecule has 2 saturated heterocycles. The van der Waals surface area contributed by atoms with E-state index in [1.165, 1.54) is 11.3 Å². The number of nitrogens with zero attached hydrogens (tertiary/aromatic N) is 4. The average Bonchev–Trinajstić information content (AvgIpc) is 2.91. The molecule has 0 unspecified atom stereocenters. The van der Waals surface area contributed by atoms with Crippen LogP contribution in [0.3, 0.4) is 0 Å². The summed E-state index contributed by atoms with van der Waals surface area (Å²) in [6, 6.07) is -0.201. The molecule has 1 N–H and O–H groups in total. The van der Waals surface area contributed by atoms with Gasteiger partial charge < -0.3 is 15.1 Å². The van der Waals surface area contributed by atoms with Gasteiger partial charge in [0.2, 0.25) is 5.91 Å². The van der Waals surface area contributed by atoms with Gasteiger partial charge in [-0.05, 0) is 13.8 Å². The molecule has 1 aromatic rings. The maximum absolute atomic E-state index is 12.8. The highest BCUT2D eigenvalue weighted by Gasteiger charge is 2.39. The Hall–Kier alpha value is -1.67. The van der Waals surface area contributed by atoms with Crippen LogP contribution in [-0.4, -0.2) is 83.9 Å². The lowest BCUT2D eigenvalue weighted by Gasteiger charge is -2.45. The number of piperazine rings is 2. The second kappa shape index (κ2) is 6.45. The maximum atomic E-state index is 12.8. The van der Waals surface area contributed by atoms with Gasteiger partial charge in [-0.15, -0.1) is 0 Å². The van der Waals surface area contributed by atoms with Crippen molar-refractivity contribution >= 4 is 28.3 Å². The van der Waals surface area contributed by atoms with Gasteiger partial charge in [-0.2, -0.15) is 0 Å². The second-order valence-corrected chi connectivity index (χ2v) is 7.03. The number of fused-ring (bicyclic) bond motifs is 1. The first-order valence-corrected chi connectivity index (χ1v) is 8.82. The topological polar surface area (TPSA) is 68.8 Å². The van der Waals surface area contributed by atoms with E-state index in [1.807, 2.05) is 20.9 Å². The van der Waals surface area contributed by atoms with Crippen LogP contribution in [0.5, 0.6) is 0 Å². The summed E-state index contributed by atoms with van der Waals surface area (Å²) < 4.78 is 0. The van der Waals surface area contributed by atoms with Gasteiger partial charge in [0.25, 0.3) is 5.91 Å². The molecule has 126 valence electrons. The number of hydrogen-bond donors (Lipinski definition) is 1. The third-order valence-corrected chi connectivity index (χ3v) is 5.58. The second-order valence-electron chi connectivity index (χ2n) is 6.03. The lowest BCUT2D eigenvalue weighted by Crippen LogP contribution is -2.64. The molecule has 0 aliphatic carbocycles. The van der Waals surface area contributed by atoms with Gasteiger partial charge in [-0.3, -0.25) is 14.5 Å². The van der Waals surface area contributed by atoms with Crippen LogP contribution in [0.4, 0.5) is 5.13 Å². The smallest absolute Gasteiger partial charge is 0.266 e. The number of thiazole rings is 1. The van der Waals surface area contributed by atoms with Crippen LogP contribution < -0.4 is 5.32 Å². The Morgan fingerprint density at radius 1 is 1.35 bits per heavy atom. The molecule has 2 aliphatic heterocycles. The first kappa shape index (κ1) is 16.2. The summed E-state index contributed by atoms with van der Waals surface area (Å²) in [5.41, 5.74) is 0.755. The lowest BCUT2D eigenvalue weighted by molar-refractivity contribution is -0.142. The minimum atomic E-state index is -0.201. The van der Waals surface area contributed by atoms with Crippen LogP contribution in [-0.2, 0) is 4.79 Å². The van der Waals surface area contributed by atoms with Crippen LogP contribution in [0.15, 0.2) is 0 Å². The Labute approximate surface area is 140 Å². The first-order chi connectivity index (χ1) is 11.0. The van der Waals surface area contributed by atoms with Crippen molar-refractivity contribution in [1.29, 1.82) is 0 Å². The Kier molecular flexibility index (Phi) is 4.54. The number of carbonyl (C=O) groups excluding carboxylic acids is 2. The summed E-state index contributed by atoms with van der Waals surface area (Å²) in [5.74, 6) is 0.105. The standard InChI is InChI=1S/C15H23N5O2S/c1-4-16-15-17-10(2)12(23-15)14(22)20-8-7-19-6-5-18(3)13(21)11(19)9-20/h11H,4-9H2,1-3H3,(H,16,17)/t11-/m1/s1. The van der Waals surface area contributed by atoms with Crippen molar-refractivity contribution in [3.05, 3.63) is 10.6 Å². The van der Waals surface area contributed by atoms with Crippen molar-refractivity contribution in [3.63, 3.8) is 0 Å². The molecule has 2 aliphatic rings. The predicted molar refractivity (Wildman–Crippen MR) is 89.9 cm³/mol. The molecular formula is C15H23N5O2S. The highest BCUT2D eigenvalue weighted by Crippen LogP contribution is 2.25. The largest absolute Gasteiger partial charge is 0.362 e. The number of aromatic nitrogens is 1. The number of anilines is 1. The SMILES string of the molecule is CCNc1nc(C)c(C(=O)N2CCN3CCN(C)C(=O)[C@H]3C2)s1. The molecule has 2 fully saturated rings. The third-order valence-electron chi connectivity index (χ3n) is 4.48. The van der Waals surface area contributed by atoms with Gasteiger partial charge in [-0.1, -0.05) is 11.3 Å². The summed E-state index contributed by atoms with van der Waals surface area (Å²) >= 11 is 1.39. The van der Waals surface area contributed by atoms with Gasteiger partial charge in [-0.25, -0.2) is 4.98 Å². The van der Waals surface area contributed by atoms with Gasteiger partial charge >= 0.3 is 0 Å². The minimum absolute atomic E-state index is 0.00942. The Balaban J connectivity index is 1.74. The van der Waals surface area contributed by atoms with Crippen molar-refractivity contribution in [1.82, 2.24) is 19.7 Å². The maximum Gasteiger partial charge on any atom is 0.266 e. The fraction of sp³-hybridized carbons (Fsp3) is 0.667. The van der Waals surface area contributed by atoms with E-state index < -0.39 is 0 Å². The molecule has 7 nitrogen and oxygen atoms in total. The molecule has 0 spiro atoms. The number of likely N-dealkylation sites (N-methyl/N-ethyl adjacent to an activating group) is 1. The molecule has 1 aromatic heterocycles. The molecule has 0 saturated carbocycles. The van der Waals surface area contributed by atoms with Crippen molar-refractivity contribution in [2.45, 2.75) is 19.9 Å². The van der Waals surface area contributed by atoms with Crippen LogP contribution in [0.2, 0.25) is 0 Å². The van der Waals surface area contributed by atoms with E-state index >= 15 is 0 Å². The van der Waals surface area contributed by atoms with E-state index in [0.717, 1.165) is 37.0 Å². The van der Waals surface area contributed by atoms with E-state index in [2.05, 4.69) is 15.2 Å². The molecular weight excluding hydrogens is 314 g/mol. The molecule has 3 rings (SSSR count). The number of amides is 2. The highest BCUT2D eigenvalue weighted by atomic mass is 32.1. The normalized spacial score (nSPS) is 22.2. The van der Waals surface area contributed by atoms with E-state index in [4.69, 9.17) is 0 Å². The number of carbonyl (C=O) groups is 2. The van der Waals surface area contributed by atoms with Gasteiger partial charge in [0.05, 0.1) is 5.69 Å². The molecule has 0 radical (unpaired) electrons. The van der Waals surface area contributed by atoms with Crippen LogP contribution in [0, 0.1) is 6.92 Å². The van der Waals surface area contributed by atoms with Crippen LogP contribution in [0.1, 0.15) is 22.3 Å². The summed E-state index contributed by atoms with van der Waals surface area (Å²) in [7, 11) is 1.83. The van der Waals surface area contributed by atoms with Crippen molar-refractivity contribution in [2.75, 3.05) is 51.6 Å². The van der Waals surface area contributed by atoms with Crippen LogP contribution >= 0.6 is 11.3 Å². The predicted octanol–water partition coefficient (Wildman–Crippen LogP) is 0.482. The fourth-order valence-corrected chi connectivity index (χ4v) is 4.12. The fourth-order valence-electron chi connectivity index (χ4n) is 3.12. The molecule has 0 aromatic carbocycles. The van der Waals surface area contributed by atoms with Crippen molar-refractivity contribution in [3.8, 4) is 0 Å². The van der Waals surface area contributed by atoms with Crippen molar-refractivity contribution in [2.24, 2.45) is 0 Å². The number of hydrogen-bond acceptors (Lipinski definition) is 6. The van der Waals surface area contributed by atoms with E-state index in [9.17, 15) is 9.59 Å². The van der Waals surface area contributed by atoms with Crippen LogP contribution in [0.25, 0.3) is 0 Å². The van der Waals surface area contributed by atoms with E-state index in [-0.39, 0.29) is 17.9 Å². The van der Waals surface area contributed by atoms with E-state index in [0.29, 0.717) is 18.0 Å². The average molecular weight is 337 g/mol. The zero-order valence-electron chi connectivity index (χ0n) is 13.8. The van der Waals surface area contributed by atoms with Gasteiger partial charge in [0.1, 0.15) is 10.9 Å². The molecule has 1 atom stereocenters. The highest BCUT2D eigenvalue weighted by molar-refractivity contribution is 7.17. The summed E-state index contributed by atoms with van der Waals surface area (Å²) in [6.07, 6.45) is 0. The quantitative estimate of drug-likeness (QED) is 0.869. The van der Waals surface area contributed by atoms with E-state index in [1.54, 1.807) is 9.80 Å². The Bertz CT molecular complexity index is 617. The number of nitrogens with one attached hydrogen (secondary N) is 1. The molecule has 0 bridgehead atoms. The summed E-state index contributed by atoms with van der Waals surface area (Å²) in [4.78, 5) is 36.0. The Morgan fingerprint density at radius 2 is 2.09 bits per heavy atom. The molecule has 2 amide bonds. The molecule has 3 heterocycles. The first-order valence-electron chi connectivity index (χ1n) is 8.01. The minimum Gasteiger partial charge on any atom is -0.362 e. The zero-order valence-corrected chi connectivity index (χ0v) is 14.7. The number of aryl methyl sites for hydroxylation is 1. The Morgan fingerprint density at radius 3 is 2.83 bits per heavy atom.